The first-order valence-electron chi connectivity index (χ1n) is 5.95. The van der Waals surface area contributed by atoms with Gasteiger partial charge in [0.05, 0.1) is 0 Å². The summed E-state index contributed by atoms with van der Waals surface area (Å²) in [5.74, 6) is -0.692. The first-order chi connectivity index (χ1) is 9.06. The van der Waals surface area contributed by atoms with Crippen LogP contribution in [0.4, 0.5) is 10.1 Å². The highest BCUT2D eigenvalue weighted by molar-refractivity contribution is 5.93. The van der Waals surface area contributed by atoms with Crippen molar-refractivity contribution < 1.29 is 9.18 Å². The van der Waals surface area contributed by atoms with Gasteiger partial charge in [0.1, 0.15) is 5.82 Å². The molecule has 19 heavy (non-hydrogen) atoms. The molecule has 98 valence electrons. The predicted octanol–water partition coefficient (Wildman–Crippen LogP) is 2.85. The van der Waals surface area contributed by atoms with Gasteiger partial charge in [-0.3, -0.25) is 4.79 Å². The highest BCUT2D eigenvalue weighted by Crippen LogP contribution is 2.14. The van der Waals surface area contributed by atoms with Crippen LogP contribution in [0.15, 0.2) is 42.5 Å². The summed E-state index contributed by atoms with van der Waals surface area (Å²) in [6, 6.07) is 11.8. The number of nitrogens with two attached hydrogens (primary N) is 1. The van der Waals surface area contributed by atoms with Crippen LogP contribution >= 0.6 is 0 Å². The molecule has 2 rings (SSSR count). The van der Waals surface area contributed by atoms with Crippen LogP contribution in [0.5, 0.6) is 0 Å². The van der Waals surface area contributed by atoms with E-state index in [0.29, 0.717) is 17.7 Å². The van der Waals surface area contributed by atoms with Gasteiger partial charge in [0, 0.05) is 23.4 Å². The van der Waals surface area contributed by atoms with Crippen molar-refractivity contribution in [3.8, 4) is 0 Å². The number of rotatable bonds is 4. The molecule has 0 heterocycles. The number of benzene rings is 2. The smallest absolute Gasteiger partial charge is 0.248 e. The second-order valence-corrected chi connectivity index (χ2v) is 4.39. The van der Waals surface area contributed by atoms with Gasteiger partial charge < -0.3 is 11.1 Å². The number of nitrogens with one attached hydrogen (secondary N) is 1. The zero-order valence-electron chi connectivity index (χ0n) is 10.6. The van der Waals surface area contributed by atoms with E-state index >= 15 is 0 Å². The molecule has 0 aliphatic heterocycles. The molecule has 3 N–H and O–H groups in total. The zero-order chi connectivity index (χ0) is 13.8. The highest BCUT2D eigenvalue weighted by atomic mass is 19.1. The summed E-state index contributed by atoms with van der Waals surface area (Å²) in [5, 5.41) is 3.10. The summed E-state index contributed by atoms with van der Waals surface area (Å²) < 4.78 is 13.5. The molecule has 0 bridgehead atoms. The van der Waals surface area contributed by atoms with E-state index in [1.54, 1.807) is 36.4 Å². The molecule has 0 spiro atoms. The van der Waals surface area contributed by atoms with Gasteiger partial charge in [0.25, 0.3) is 0 Å². The van der Waals surface area contributed by atoms with E-state index in [9.17, 15) is 9.18 Å². The van der Waals surface area contributed by atoms with E-state index in [1.165, 1.54) is 6.07 Å². The van der Waals surface area contributed by atoms with Gasteiger partial charge >= 0.3 is 0 Å². The first kappa shape index (κ1) is 13.1. The number of hydrogen-bond donors (Lipinski definition) is 2. The van der Waals surface area contributed by atoms with E-state index in [0.717, 1.165) is 11.3 Å². The molecule has 0 unspecified atom stereocenters. The van der Waals surface area contributed by atoms with Gasteiger partial charge in [-0.05, 0) is 37.3 Å². The SMILES string of the molecule is Cc1ccc(F)c(CNc2ccc(C(N)=O)cc2)c1. The number of anilines is 1. The van der Waals surface area contributed by atoms with E-state index in [4.69, 9.17) is 5.73 Å². The Hall–Kier alpha value is -2.36. The lowest BCUT2D eigenvalue weighted by Crippen LogP contribution is -2.10. The Morgan fingerprint density at radius 3 is 2.53 bits per heavy atom. The Balaban J connectivity index is 2.06. The molecule has 2 aromatic rings. The van der Waals surface area contributed by atoms with Gasteiger partial charge in [-0.15, -0.1) is 0 Å². The minimum Gasteiger partial charge on any atom is -0.381 e. The standard InChI is InChI=1S/C15H15FN2O/c1-10-2-7-14(16)12(8-10)9-18-13-5-3-11(4-6-13)15(17)19/h2-8,18H,9H2,1H3,(H2,17,19). The maximum Gasteiger partial charge on any atom is 0.248 e. The van der Waals surface area contributed by atoms with E-state index in [-0.39, 0.29) is 5.82 Å². The summed E-state index contributed by atoms with van der Waals surface area (Å²) >= 11 is 0. The average Bonchev–Trinajstić information content (AvgIpc) is 2.40. The van der Waals surface area contributed by atoms with Crippen LogP contribution in [0.2, 0.25) is 0 Å². The molecule has 4 heteroatoms. The molecule has 0 aromatic heterocycles. The fourth-order valence-corrected chi connectivity index (χ4v) is 1.79. The van der Waals surface area contributed by atoms with E-state index in [1.807, 2.05) is 6.92 Å². The molecule has 3 nitrogen and oxygen atoms in total. The molecule has 0 saturated heterocycles. The topological polar surface area (TPSA) is 55.1 Å². The summed E-state index contributed by atoms with van der Waals surface area (Å²) in [5.41, 5.74) is 8.04. The quantitative estimate of drug-likeness (QED) is 0.886. The van der Waals surface area contributed by atoms with Crippen molar-refractivity contribution in [3.05, 3.63) is 65.0 Å². The second-order valence-electron chi connectivity index (χ2n) is 4.39. The third-order valence-corrected chi connectivity index (χ3v) is 2.85. The monoisotopic (exact) mass is 258 g/mol. The lowest BCUT2D eigenvalue weighted by molar-refractivity contribution is 0.100. The van der Waals surface area contributed by atoms with Crippen LogP contribution in [0.1, 0.15) is 21.5 Å². The van der Waals surface area contributed by atoms with Crippen LogP contribution < -0.4 is 11.1 Å². The fraction of sp³-hybridized carbons (Fsp3) is 0.133. The number of carbonyl (C=O) groups is 1. The third-order valence-electron chi connectivity index (χ3n) is 2.85. The highest BCUT2D eigenvalue weighted by Gasteiger charge is 2.03. The first-order valence-corrected chi connectivity index (χ1v) is 5.95. The van der Waals surface area contributed by atoms with Crippen LogP contribution in [-0.2, 0) is 6.54 Å². The number of primary amides is 1. The lowest BCUT2D eigenvalue weighted by Gasteiger charge is -2.08. The second kappa shape index (κ2) is 5.52. The molecule has 0 saturated carbocycles. The zero-order valence-corrected chi connectivity index (χ0v) is 10.6. The number of amides is 1. The summed E-state index contributed by atoms with van der Waals surface area (Å²) in [6.45, 7) is 2.31. The largest absolute Gasteiger partial charge is 0.381 e. The number of halogens is 1. The molecule has 0 aliphatic rings. The maximum atomic E-state index is 13.5. The molecule has 0 radical (unpaired) electrons. The van der Waals surface area contributed by atoms with Crippen LogP contribution in [0.3, 0.4) is 0 Å². The molecule has 0 fully saturated rings. The third kappa shape index (κ3) is 3.31. The van der Waals surface area contributed by atoms with Gasteiger partial charge in [0.2, 0.25) is 5.91 Å². The van der Waals surface area contributed by atoms with Crippen molar-refractivity contribution in [1.29, 1.82) is 0 Å². The van der Waals surface area contributed by atoms with Crippen molar-refractivity contribution in [3.63, 3.8) is 0 Å². The van der Waals surface area contributed by atoms with Crippen molar-refractivity contribution in [2.45, 2.75) is 13.5 Å². The van der Waals surface area contributed by atoms with Crippen molar-refractivity contribution in [2.24, 2.45) is 5.73 Å². The molecular formula is C15H15FN2O. The minimum absolute atomic E-state index is 0.230. The van der Waals surface area contributed by atoms with Crippen molar-refractivity contribution >= 4 is 11.6 Å². The predicted molar refractivity (Wildman–Crippen MR) is 73.4 cm³/mol. The van der Waals surface area contributed by atoms with Crippen LogP contribution in [0, 0.1) is 12.7 Å². The van der Waals surface area contributed by atoms with E-state index < -0.39 is 5.91 Å². The number of aryl methyl sites for hydroxylation is 1. The van der Waals surface area contributed by atoms with Gasteiger partial charge in [-0.2, -0.15) is 0 Å². The number of carbonyl (C=O) groups excluding carboxylic acids is 1. The molecule has 2 aromatic carbocycles. The van der Waals surface area contributed by atoms with Crippen LogP contribution in [-0.4, -0.2) is 5.91 Å². The Morgan fingerprint density at radius 2 is 1.89 bits per heavy atom. The Bertz CT molecular complexity index is 594. The Morgan fingerprint density at radius 1 is 1.21 bits per heavy atom. The fourth-order valence-electron chi connectivity index (χ4n) is 1.79. The maximum absolute atomic E-state index is 13.5. The normalized spacial score (nSPS) is 10.2. The van der Waals surface area contributed by atoms with Gasteiger partial charge in [0.15, 0.2) is 0 Å². The van der Waals surface area contributed by atoms with Gasteiger partial charge in [-0.25, -0.2) is 4.39 Å². The molecule has 1 amide bonds. The van der Waals surface area contributed by atoms with Crippen molar-refractivity contribution in [1.82, 2.24) is 0 Å². The molecule has 0 atom stereocenters. The molecule has 0 aliphatic carbocycles. The average molecular weight is 258 g/mol. The molecular weight excluding hydrogens is 243 g/mol. The Kier molecular flexibility index (Phi) is 3.80. The van der Waals surface area contributed by atoms with Gasteiger partial charge in [-0.1, -0.05) is 17.7 Å². The lowest BCUT2D eigenvalue weighted by atomic mass is 10.1. The summed E-state index contributed by atoms with van der Waals surface area (Å²) in [4.78, 5) is 10.9. The number of hydrogen-bond acceptors (Lipinski definition) is 2. The summed E-state index contributed by atoms with van der Waals surface area (Å²) in [6.07, 6.45) is 0. The minimum atomic E-state index is -0.462. The van der Waals surface area contributed by atoms with Crippen LogP contribution in [0.25, 0.3) is 0 Å². The Labute approximate surface area is 111 Å². The van der Waals surface area contributed by atoms with Crippen molar-refractivity contribution in [2.75, 3.05) is 5.32 Å². The summed E-state index contributed by atoms with van der Waals surface area (Å²) in [7, 11) is 0. The van der Waals surface area contributed by atoms with E-state index in [2.05, 4.69) is 5.32 Å².